The van der Waals surface area contributed by atoms with Gasteiger partial charge in [-0.3, -0.25) is 0 Å². The zero-order valence-electron chi connectivity index (χ0n) is 11.8. The molecular formula is C14H23N3OS2. The molecule has 3 rings (SSSR count). The minimum Gasteiger partial charge on any atom is -0.377 e. The summed E-state index contributed by atoms with van der Waals surface area (Å²) in [5.74, 6) is 1.01. The topological polar surface area (TPSA) is 47.0 Å². The van der Waals surface area contributed by atoms with Gasteiger partial charge < -0.3 is 10.1 Å². The zero-order chi connectivity index (χ0) is 13.6. The first kappa shape index (κ1) is 14.6. The van der Waals surface area contributed by atoms with E-state index in [1.165, 1.54) is 51.4 Å². The molecule has 1 atom stereocenters. The highest BCUT2D eigenvalue weighted by atomic mass is 32.2. The summed E-state index contributed by atoms with van der Waals surface area (Å²) in [4.78, 5) is 0. The first-order valence-electron chi connectivity index (χ1n) is 7.74. The molecule has 112 valence electrons. The summed E-state index contributed by atoms with van der Waals surface area (Å²) in [6, 6.07) is 0.608. The fourth-order valence-corrected chi connectivity index (χ4v) is 4.77. The quantitative estimate of drug-likeness (QED) is 0.834. The fourth-order valence-electron chi connectivity index (χ4n) is 2.85. The molecule has 0 bridgehead atoms. The number of ether oxygens (including phenoxy) is 1. The maximum atomic E-state index is 5.75. The Balaban J connectivity index is 1.43. The molecule has 1 N–H and O–H groups in total. The first-order valence-corrected chi connectivity index (χ1v) is 9.55. The van der Waals surface area contributed by atoms with E-state index in [0.717, 1.165) is 21.8 Å². The van der Waals surface area contributed by atoms with Crippen molar-refractivity contribution in [2.24, 2.45) is 0 Å². The number of hydrogen-bond acceptors (Lipinski definition) is 6. The van der Waals surface area contributed by atoms with Crippen molar-refractivity contribution in [2.75, 3.05) is 17.7 Å². The molecule has 1 saturated heterocycles. The predicted octanol–water partition coefficient (Wildman–Crippen LogP) is 3.94. The molecule has 1 aromatic heterocycles. The van der Waals surface area contributed by atoms with E-state index in [9.17, 15) is 0 Å². The van der Waals surface area contributed by atoms with Crippen LogP contribution in [0.3, 0.4) is 0 Å². The second-order valence-corrected chi connectivity index (χ2v) is 7.90. The van der Waals surface area contributed by atoms with E-state index >= 15 is 0 Å². The monoisotopic (exact) mass is 313 g/mol. The maximum absolute atomic E-state index is 5.75. The lowest BCUT2D eigenvalue weighted by Gasteiger charge is -2.22. The van der Waals surface area contributed by atoms with E-state index in [1.807, 2.05) is 0 Å². The normalized spacial score (nSPS) is 24.7. The Morgan fingerprint density at radius 2 is 1.95 bits per heavy atom. The van der Waals surface area contributed by atoms with Crippen molar-refractivity contribution < 1.29 is 4.74 Å². The lowest BCUT2D eigenvalue weighted by atomic mass is 9.96. The Labute approximate surface area is 129 Å². The summed E-state index contributed by atoms with van der Waals surface area (Å²) < 4.78 is 6.82. The van der Waals surface area contributed by atoms with Crippen LogP contribution in [0.25, 0.3) is 0 Å². The molecule has 20 heavy (non-hydrogen) atoms. The number of hydrogen-bond donors (Lipinski definition) is 1. The molecule has 0 spiro atoms. The van der Waals surface area contributed by atoms with Gasteiger partial charge in [-0.15, -0.1) is 10.2 Å². The standard InChI is InChI=1S/C14H23N3OS2/c1-2-6-11(7-3-1)15-13-16-17-14(20-13)19-10-12-8-4-5-9-18-12/h11-12H,1-10H2,(H,15,16)/t12-/m0/s1. The lowest BCUT2D eigenvalue weighted by Crippen LogP contribution is -2.21. The molecule has 2 fully saturated rings. The highest BCUT2D eigenvalue weighted by Crippen LogP contribution is 2.30. The van der Waals surface area contributed by atoms with Gasteiger partial charge in [0, 0.05) is 18.4 Å². The van der Waals surface area contributed by atoms with Gasteiger partial charge in [-0.1, -0.05) is 42.4 Å². The van der Waals surface area contributed by atoms with E-state index in [-0.39, 0.29) is 0 Å². The molecule has 0 unspecified atom stereocenters. The van der Waals surface area contributed by atoms with Gasteiger partial charge in [-0.25, -0.2) is 0 Å². The molecule has 1 saturated carbocycles. The molecule has 1 aliphatic heterocycles. The second kappa shape index (κ2) is 7.61. The maximum Gasteiger partial charge on any atom is 0.206 e. The van der Waals surface area contributed by atoms with Gasteiger partial charge in [-0.2, -0.15) is 0 Å². The van der Waals surface area contributed by atoms with Gasteiger partial charge in [0.15, 0.2) is 4.34 Å². The van der Waals surface area contributed by atoms with E-state index in [1.54, 1.807) is 23.1 Å². The highest BCUT2D eigenvalue weighted by Gasteiger charge is 2.17. The summed E-state index contributed by atoms with van der Waals surface area (Å²) in [6.07, 6.45) is 10.7. The smallest absolute Gasteiger partial charge is 0.206 e. The average molecular weight is 313 g/mol. The Kier molecular flexibility index (Phi) is 5.56. The summed E-state index contributed by atoms with van der Waals surface area (Å²) in [5.41, 5.74) is 0. The van der Waals surface area contributed by atoms with Crippen molar-refractivity contribution in [1.82, 2.24) is 10.2 Å². The summed E-state index contributed by atoms with van der Waals surface area (Å²) in [5, 5.41) is 13.1. The molecule has 1 aromatic rings. The number of rotatable bonds is 5. The Morgan fingerprint density at radius 3 is 2.75 bits per heavy atom. The Bertz CT molecular complexity index is 401. The molecular weight excluding hydrogens is 290 g/mol. The minimum atomic E-state index is 0.410. The average Bonchev–Trinajstić information content (AvgIpc) is 2.95. The van der Waals surface area contributed by atoms with Crippen LogP contribution in [0.15, 0.2) is 4.34 Å². The third-order valence-corrected chi connectivity index (χ3v) is 6.13. The summed E-state index contributed by atoms with van der Waals surface area (Å²) in [7, 11) is 0. The first-order chi connectivity index (χ1) is 9.90. The number of thioether (sulfide) groups is 1. The van der Waals surface area contributed by atoms with Crippen molar-refractivity contribution in [3.63, 3.8) is 0 Å². The fraction of sp³-hybridized carbons (Fsp3) is 0.857. The molecule has 0 aromatic carbocycles. The summed E-state index contributed by atoms with van der Waals surface area (Å²) >= 11 is 3.48. The zero-order valence-corrected chi connectivity index (χ0v) is 13.5. The van der Waals surface area contributed by atoms with E-state index in [2.05, 4.69) is 15.5 Å². The number of nitrogens with one attached hydrogen (secondary N) is 1. The van der Waals surface area contributed by atoms with Crippen LogP contribution in [-0.4, -0.2) is 34.7 Å². The van der Waals surface area contributed by atoms with E-state index in [4.69, 9.17) is 4.74 Å². The van der Waals surface area contributed by atoms with Crippen LogP contribution in [0.5, 0.6) is 0 Å². The minimum absolute atomic E-state index is 0.410. The number of nitrogens with zero attached hydrogens (tertiary/aromatic N) is 2. The molecule has 2 aliphatic rings. The van der Waals surface area contributed by atoms with Crippen molar-refractivity contribution >= 4 is 28.2 Å². The van der Waals surface area contributed by atoms with Gasteiger partial charge in [-0.05, 0) is 32.1 Å². The number of anilines is 1. The predicted molar refractivity (Wildman–Crippen MR) is 84.7 cm³/mol. The summed E-state index contributed by atoms with van der Waals surface area (Å²) in [6.45, 7) is 0.926. The van der Waals surface area contributed by atoms with E-state index < -0.39 is 0 Å². The van der Waals surface area contributed by atoms with Crippen molar-refractivity contribution in [2.45, 2.75) is 67.9 Å². The third-order valence-electron chi connectivity index (χ3n) is 4.01. The van der Waals surface area contributed by atoms with Crippen molar-refractivity contribution in [3.8, 4) is 0 Å². The van der Waals surface area contributed by atoms with Crippen LogP contribution in [0.2, 0.25) is 0 Å². The van der Waals surface area contributed by atoms with Gasteiger partial charge in [0.2, 0.25) is 5.13 Å². The van der Waals surface area contributed by atoms with E-state index in [0.29, 0.717) is 12.1 Å². The lowest BCUT2D eigenvalue weighted by molar-refractivity contribution is 0.0315. The molecule has 0 radical (unpaired) electrons. The Hall–Kier alpha value is -0.330. The highest BCUT2D eigenvalue weighted by molar-refractivity contribution is 8.01. The third kappa shape index (κ3) is 4.33. The molecule has 6 heteroatoms. The van der Waals surface area contributed by atoms with Crippen LogP contribution >= 0.6 is 23.1 Å². The van der Waals surface area contributed by atoms with Gasteiger partial charge >= 0.3 is 0 Å². The van der Waals surface area contributed by atoms with Gasteiger partial charge in [0.05, 0.1) is 6.10 Å². The van der Waals surface area contributed by atoms with Crippen LogP contribution < -0.4 is 5.32 Å². The molecule has 2 heterocycles. The van der Waals surface area contributed by atoms with Crippen LogP contribution in [0, 0.1) is 0 Å². The van der Waals surface area contributed by atoms with Gasteiger partial charge in [0.1, 0.15) is 0 Å². The second-order valence-electron chi connectivity index (χ2n) is 5.65. The van der Waals surface area contributed by atoms with Crippen molar-refractivity contribution in [3.05, 3.63) is 0 Å². The van der Waals surface area contributed by atoms with Crippen molar-refractivity contribution in [1.29, 1.82) is 0 Å². The molecule has 4 nitrogen and oxygen atoms in total. The molecule has 0 amide bonds. The van der Waals surface area contributed by atoms with Crippen LogP contribution in [-0.2, 0) is 4.74 Å². The SMILES string of the molecule is C1CCC(Nc2nnc(SC[C@@H]3CCCCO3)s2)CC1. The molecule has 1 aliphatic carbocycles. The largest absolute Gasteiger partial charge is 0.377 e. The van der Waals surface area contributed by atoms with Gasteiger partial charge in [0.25, 0.3) is 0 Å². The van der Waals surface area contributed by atoms with Crippen LogP contribution in [0.1, 0.15) is 51.4 Å². The van der Waals surface area contributed by atoms with Crippen LogP contribution in [0.4, 0.5) is 5.13 Å². The number of aromatic nitrogens is 2. The Morgan fingerprint density at radius 1 is 1.10 bits per heavy atom.